The van der Waals surface area contributed by atoms with Crippen molar-refractivity contribution in [2.24, 2.45) is 0 Å². The van der Waals surface area contributed by atoms with Gasteiger partial charge in [0.2, 0.25) is 5.91 Å². The molecule has 0 saturated heterocycles. The lowest BCUT2D eigenvalue weighted by Gasteiger charge is -2.28. The van der Waals surface area contributed by atoms with E-state index in [0.29, 0.717) is 0 Å². The molecule has 0 aromatic heterocycles. The summed E-state index contributed by atoms with van der Waals surface area (Å²) >= 11 is 5.95. The first-order valence-corrected chi connectivity index (χ1v) is 7.76. The molecule has 1 amide bonds. The van der Waals surface area contributed by atoms with E-state index < -0.39 is 0 Å². The highest BCUT2D eigenvalue weighted by Crippen LogP contribution is 2.41. The smallest absolute Gasteiger partial charge is 0.230 e. The van der Waals surface area contributed by atoms with E-state index in [4.69, 9.17) is 11.6 Å². The highest BCUT2D eigenvalue weighted by molar-refractivity contribution is 6.30. The molecule has 1 aromatic rings. The minimum Gasteiger partial charge on any atom is -0.355 e. The van der Waals surface area contributed by atoms with Crippen LogP contribution in [-0.4, -0.2) is 26.0 Å². The number of benzene rings is 1. The first-order valence-electron chi connectivity index (χ1n) is 7.38. The van der Waals surface area contributed by atoms with Crippen LogP contribution in [0.2, 0.25) is 5.02 Å². The molecule has 0 unspecified atom stereocenters. The monoisotopic (exact) mass is 330 g/mol. The van der Waals surface area contributed by atoms with Crippen LogP contribution in [-0.2, 0) is 10.2 Å². The lowest BCUT2D eigenvalue weighted by Crippen LogP contribution is -2.43. The van der Waals surface area contributed by atoms with Crippen LogP contribution < -0.4 is 10.6 Å². The van der Waals surface area contributed by atoms with E-state index in [1.807, 2.05) is 31.3 Å². The zero-order valence-corrected chi connectivity index (χ0v) is 14.0. The molecule has 118 valence electrons. The quantitative estimate of drug-likeness (QED) is 0.786. The third-order valence-electron chi connectivity index (χ3n) is 4.18. The summed E-state index contributed by atoms with van der Waals surface area (Å²) in [5.74, 6) is 0.174. The van der Waals surface area contributed by atoms with Crippen molar-refractivity contribution in [2.75, 3.05) is 20.1 Å². The molecule has 3 nitrogen and oxygen atoms in total. The van der Waals surface area contributed by atoms with Gasteiger partial charge in [0.1, 0.15) is 0 Å². The van der Waals surface area contributed by atoms with Crippen LogP contribution in [0.5, 0.6) is 0 Å². The van der Waals surface area contributed by atoms with Gasteiger partial charge in [0.15, 0.2) is 0 Å². The van der Waals surface area contributed by atoms with E-state index in [-0.39, 0.29) is 23.7 Å². The number of rotatable bonds is 6. The van der Waals surface area contributed by atoms with Gasteiger partial charge in [-0.05, 0) is 50.6 Å². The van der Waals surface area contributed by atoms with Crippen LogP contribution in [0, 0.1) is 0 Å². The number of hydrogen-bond donors (Lipinski definition) is 2. The van der Waals surface area contributed by atoms with E-state index in [1.165, 1.54) is 0 Å². The van der Waals surface area contributed by atoms with E-state index in [0.717, 1.165) is 55.8 Å². The molecule has 0 aliphatic heterocycles. The third kappa shape index (κ3) is 4.35. The molecule has 5 heteroatoms. The van der Waals surface area contributed by atoms with Gasteiger partial charge in [0.05, 0.1) is 5.41 Å². The summed E-state index contributed by atoms with van der Waals surface area (Å²) in [6.07, 6.45) is 5.07. The van der Waals surface area contributed by atoms with Gasteiger partial charge in [-0.3, -0.25) is 4.79 Å². The molecule has 1 aromatic carbocycles. The van der Waals surface area contributed by atoms with Gasteiger partial charge in [-0.15, -0.1) is 12.4 Å². The Labute approximate surface area is 138 Å². The van der Waals surface area contributed by atoms with Crippen molar-refractivity contribution in [3.05, 3.63) is 34.9 Å². The Balaban J connectivity index is 0.00000220. The fourth-order valence-corrected chi connectivity index (χ4v) is 3.16. The molecule has 0 atom stereocenters. The Morgan fingerprint density at radius 2 is 1.81 bits per heavy atom. The van der Waals surface area contributed by atoms with Crippen molar-refractivity contribution in [3.8, 4) is 0 Å². The maximum absolute atomic E-state index is 12.7. The largest absolute Gasteiger partial charge is 0.355 e. The van der Waals surface area contributed by atoms with Crippen molar-refractivity contribution in [2.45, 2.75) is 37.5 Å². The molecular weight excluding hydrogens is 307 g/mol. The predicted molar refractivity (Wildman–Crippen MR) is 90.4 cm³/mol. The van der Waals surface area contributed by atoms with Crippen molar-refractivity contribution in [1.29, 1.82) is 0 Å². The minimum atomic E-state index is -0.343. The zero-order valence-electron chi connectivity index (χ0n) is 12.5. The van der Waals surface area contributed by atoms with Crippen LogP contribution in [0.25, 0.3) is 0 Å². The number of halogens is 2. The van der Waals surface area contributed by atoms with E-state index in [9.17, 15) is 4.79 Å². The standard InChI is InChI=1S/C16H23ClN2O.ClH/c1-18-11-4-12-19-15(20)16(9-2-3-10-16)13-5-7-14(17)8-6-13;/h5-8,18H,2-4,9-12H2,1H3,(H,19,20);1H. The number of amides is 1. The summed E-state index contributed by atoms with van der Waals surface area (Å²) in [6.45, 7) is 1.66. The van der Waals surface area contributed by atoms with Gasteiger partial charge >= 0.3 is 0 Å². The van der Waals surface area contributed by atoms with Gasteiger partial charge in [-0.2, -0.15) is 0 Å². The van der Waals surface area contributed by atoms with E-state index >= 15 is 0 Å². The molecule has 1 aliphatic rings. The fraction of sp³-hybridized carbons (Fsp3) is 0.562. The third-order valence-corrected chi connectivity index (χ3v) is 4.43. The molecule has 2 rings (SSSR count). The van der Waals surface area contributed by atoms with Crippen LogP contribution >= 0.6 is 24.0 Å². The van der Waals surface area contributed by atoms with Gasteiger partial charge in [0.25, 0.3) is 0 Å². The first kappa shape index (κ1) is 18.3. The normalized spacial score (nSPS) is 16.3. The summed E-state index contributed by atoms with van der Waals surface area (Å²) in [4.78, 5) is 12.7. The molecular formula is C16H24Cl2N2O. The van der Waals surface area contributed by atoms with Crippen LogP contribution in [0.1, 0.15) is 37.7 Å². The lowest BCUT2D eigenvalue weighted by molar-refractivity contribution is -0.126. The molecule has 0 heterocycles. The Kier molecular flexibility index (Phi) is 7.50. The molecule has 1 fully saturated rings. The predicted octanol–water partition coefficient (Wildman–Crippen LogP) is 3.30. The van der Waals surface area contributed by atoms with Crippen LogP contribution in [0.3, 0.4) is 0 Å². The van der Waals surface area contributed by atoms with Crippen molar-refractivity contribution >= 4 is 29.9 Å². The summed E-state index contributed by atoms with van der Waals surface area (Å²) in [5.41, 5.74) is 0.759. The Morgan fingerprint density at radius 1 is 1.19 bits per heavy atom. The van der Waals surface area contributed by atoms with Gasteiger partial charge in [-0.1, -0.05) is 36.6 Å². The number of carbonyl (C=O) groups is 1. The minimum absolute atomic E-state index is 0. The number of hydrogen-bond acceptors (Lipinski definition) is 2. The second-order valence-electron chi connectivity index (χ2n) is 5.51. The van der Waals surface area contributed by atoms with Gasteiger partial charge in [-0.25, -0.2) is 0 Å². The highest BCUT2D eigenvalue weighted by Gasteiger charge is 2.42. The van der Waals surface area contributed by atoms with E-state index in [2.05, 4.69) is 10.6 Å². The second-order valence-corrected chi connectivity index (χ2v) is 5.95. The first-order chi connectivity index (χ1) is 9.69. The summed E-state index contributed by atoms with van der Waals surface area (Å²) in [5, 5.41) is 6.91. The van der Waals surface area contributed by atoms with Gasteiger partial charge < -0.3 is 10.6 Å². The summed E-state index contributed by atoms with van der Waals surface area (Å²) < 4.78 is 0. The number of carbonyl (C=O) groups excluding carboxylic acids is 1. The molecule has 2 N–H and O–H groups in total. The lowest BCUT2D eigenvalue weighted by atomic mass is 9.78. The topological polar surface area (TPSA) is 41.1 Å². The molecule has 0 bridgehead atoms. The Bertz CT molecular complexity index is 442. The zero-order chi connectivity index (χ0) is 14.4. The Morgan fingerprint density at radius 3 is 2.38 bits per heavy atom. The molecule has 21 heavy (non-hydrogen) atoms. The molecule has 0 spiro atoms. The SMILES string of the molecule is CNCCCNC(=O)C1(c2ccc(Cl)cc2)CCCC1.Cl. The fourth-order valence-electron chi connectivity index (χ4n) is 3.03. The molecule has 1 aliphatic carbocycles. The average molecular weight is 331 g/mol. The number of nitrogens with one attached hydrogen (secondary N) is 2. The van der Waals surface area contributed by atoms with Crippen LogP contribution in [0.4, 0.5) is 0 Å². The van der Waals surface area contributed by atoms with Crippen molar-refractivity contribution in [3.63, 3.8) is 0 Å². The van der Waals surface area contributed by atoms with Gasteiger partial charge in [0, 0.05) is 11.6 Å². The molecule has 1 saturated carbocycles. The highest BCUT2D eigenvalue weighted by atomic mass is 35.5. The summed E-state index contributed by atoms with van der Waals surface area (Å²) in [6, 6.07) is 7.76. The molecule has 0 radical (unpaired) electrons. The average Bonchev–Trinajstić information content (AvgIpc) is 2.95. The second kappa shape index (κ2) is 8.62. The van der Waals surface area contributed by atoms with Crippen molar-refractivity contribution in [1.82, 2.24) is 10.6 Å². The maximum Gasteiger partial charge on any atom is 0.230 e. The summed E-state index contributed by atoms with van der Waals surface area (Å²) in [7, 11) is 1.92. The van der Waals surface area contributed by atoms with Crippen LogP contribution in [0.15, 0.2) is 24.3 Å². The maximum atomic E-state index is 12.7. The van der Waals surface area contributed by atoms with E-state index in [1.54, 1.807) is 0 Å². The Hall–Kier alpha value is -0.770. The van der Waals surface area contributed by atoms with Crippen molar-refractivity contribution < 1.29 is 4.79 Å².